The Labute approximate surface area is 129 Å². The van der Waals surface area contributed by atoms with E-state index in [1.807, 2.05) is 43.3 Å². The van der Waals surface area contributed by atoms with Crippen LogP contribution in [0.25, 0.3) is 0 Å². The van der Waals surface area contributed by atoms with E-state index in [0.717, 1.165) is 16.8 Å². The molecule has 1 N–H and O–H groups in total. The fourth-order valence-electron chi connectivity index (χ4n) is 2.16. The van der Waals surface area contributed by atoms with Gasteiger partial charge in [0.25, 0.3) is 0 Å². The number of hydrogen-bond acceptors (Lipinski definition) is 4. The maximum absolute atomic E-state index is 12.2. The van der Waals surface area contributed by atoms with E-state index < -0.39 is 5.97 Å². The molecule has 116 valence electrons. The molecule has 5 nitrogen and oxygen atoms in total. The molecule has 0 bridgehead atoms. The van der Waals surface area contributed by atoms with E-state index >= 15 is 0 Å². The van der Waals surface area contributed by atoms with Crippen molar-refractivity contribution in [3.63, 3.8) is 0 Å². The summed E-state index contributed by atoms with van der Waals surface area (Å²) in [4.78, 5) is 26.4. The van der Waals surface area contributed by atoms with Gasteiger partial charge in [-0.25, -0.2) is 4.79 Å². The molecule has 0 unspecified atom stereocenters. The Morgan fingerprint density at radius 2 is 1.91 bits per heavy atom. The molecule has 2 rings (SSSR count). The monoisotopic (exact) mass is 301 g/mol. The lowest BCUT2D eigenvalue weighted by molar-refractivity contribution is -0.140. The second-order valence-electron chi connectivity index (χ2n) is 4.99. The lowest BCUT2D eigenvalue weighted by atomic mass is 10.1. The number of H-pyrrole nitrogens is 1. The first-order chi connectivity index (χ1) is 10.6. The van der Waals surface area contributed by atoms with Gasteiger partial charge in [-0.2, -0.15) is 0 Å². The lowest BCUT2D eigenvalue weighted by Gasteiger charge is -2.06. The smallest absolute Gasteiger partial charge is 0.355 e. The molecule has 0 aliphatic heterocycles. The van der Waals surface area contributed by atoms with E-state index in [-0.39, 0.29) is 19.0 Å². The number of esters is 2. The number of nitrogens with one attached hydrogen (secondary N) is 1. The largest absolute Gasteiger partial charge is 0.469 e. The maximum Gasteiger partial charge on any atom is 0.355 e. The van der Waals surface area contributed by atoms with Gasteiger partial charge in [-0.05, 0) is 30.5 Å². The van der Waals surface area contributed by atoms with E-state index in [2.05, 4.69) is 9.72 Å². The number of hydrogen-bond donors (Lipinski definition) is 1. The summed E-state index contributed by atoms with van der Waals surface area (Å²) >= 11 is 0. The zero-order valence-corrected chi connectivity index (χ0v) is 12.7. The van der Waals surface area contributed by atoms with Gasteiger partial charge in [0.15, 0.2) is 0 Å². The minimum Gasteiger partial charge on any atom is -0.469 e. The topological polar surface area (TPSA) is 68.4 Å². The van der Waals surface area contributed by atoms with Crippen molar-refractivity contribution in [3.05, 3.63) is 58.9 Å². The normalized spacial score (nSPS) is 10.3. The van der Waals surface area contributed by atoms with E-state index in [1.54, 1.807) is 0 Å². The van der Waals surface area contributed by atoms with Crippen LogP contribution in [0.15, 0.2) is 36.4 Å². The SMILES string of the molecule is COC(=O)CCc1cc(C)[nH]c1C(=O)OCc1ccccc1. The van der Waals surface area contributed by atoms with Crippen LogP contribution in [0.1, 0.15) is 33.7 Å². The lowest BCUT2D eigenvalue weighted by Crippen LogP contribution is -2.10. The molecule has 1 heterocycles. The molecule has 2 aromatic rings. The average molecular weight is 301 g/mol. The van der Waals surface area contributed by atoms with Crippen LogP contribution in [0.4, 0.5) is 0 Å². The van der Waals surface area contributed by atoms with Crippen molar-refractivity contribution in [1.82, 2.24) is 4.98 Å². The van der Waals surface area contributed by atoms with Gasteiger partial charge < -0.3 is 14.5 Å². The van der Waals surface area contributed by atoms with Crippen LogP contribution in [0.3, 0.4) is 0 Å². The summed E-state index contributed by atoms with van der Waals surface area (Å²) in [7, 11) is 1.35. The van der Waals surface area contributed by atoms with Gasteiger partial charge in [0.05, 0.1) is 7.11 Å². The standard InChI is InChI=1S/C17H19NO4/c1-12-10-14(8-9-15(19)21-2)16(18-12)17(20)22-11-13-6-4-3-5-7-13/h3-7,10,18H,8-9,11H2,1-2H3. The third-order valence-electron chi connectivity index (χ3n) is 3.28. The summed E-state index contributed by atoms with van der Waals surface area (Å²) in [6, 6.07) is 11.3. The number of carbonyl (C=O) groups is 2. The van der Waals surface area contributed by atoms with Crippen molar-refractivity contribution in [1.29, 1.82) is 0 Å². The second kappa shape index (κ2) is 7.45. The maximum atomic E-state index is 12.2. The highest BCUT2D eigenvalue weighted by atomic mass is 16.5. The highest BCUT2D eigenvalue weighted by Crippen LogP contribution is 2.15. The third-order valence-corrected chi connectivity index (χ3v) is 3.28. The van der Waals surface area contributed by atoms with E-state index in [4.69, 9.17) is 4.74 Å². The van der Waals surface area contributed by atoms with Crippen LogP contribution in [0.2, 0.25) is 0 Å². The molecule has 0 radical (unpaired) electrons. The molecule has 0 fully saturated rings. The number of benzene rings is 1. The van der Waals surface area contributed by atoms with Crippen molar-refractivity contribution >= 4 is 11.9 Å². The first kappa shape index (κ1) is 15.8. The van der Waals surface area contributed by atoms with Crippen molar-refractivity contribution in [2.45, 2.75) is 26.4 Å². The van der Waals surface area contributed by atoms with Crippen molar-refractivity contribution in [2.24, 2.45) is 0 Å². The highest BCUT2D eigenvalue weighted by molar-refractivity contribution is 5.89. The molecule has 0 aliphatic carbocycles. The predicted octanol–water partition coefficient (Wildman–Crippen LogP) is 2.79. The molecule has 0 spiro atoms. The highest BCUT2D eigenvalue weighted by Gasteiger charge is 2.17. The number of aryl methyl sites for hydroxylation is 2. The van der Waals surface area contributed by atoms with Gasteiger partial charge in [0, 0.05) is 12.1 Å². The summed E-state index contributed by atoms with van der Waals surface area (Å²) in [5.41, 5.74) is 2.94. The van der Waals surface area contributed by atoms with Crippen molar-refractivity contribution in [3.8, 4) is 0 Å². The summed E-state index contributed by atoms with van der Waals surface area (Å²) in [5.74, 6) is -0.723. The number of rotatable bonds is 6. The Bertz CT molecular complexity index is 646. The minimum absolute atomic E-state index is 0.216. The van der Waals surface area contributed by atoms with Crippen molar-refractivity contribution in [2.75, 3.05) is 7.11 Å². The zero-order valence-electron chi connectivity index (χ0n) is 12.7. The van der Waals surface area contributed by atoms with Gasteiger partial charge in [-0.15, -0.1) is 0 Å². The fraction of sp³-hybridized carbons (Fsp3) is 0.294. The fourth-order valence-corrected chi connectivity index (χ4v) is 2.16. The second-order valence-corrected chi connectivity index (χ2v) is 4.99. The average Bonchev–Trinajstić information content (AvgIpc) is 2.92. The van der Waals surface area contributed by atoms with Crippen LogP contribution in [0, 0.1) is 6.92 Å². The molecule has 1 aromatic carbocycles. The minimum atomic E-state index is -0.420. The van der Waals surface area contributed by atoms with E-state index in [0.29, 0.717) is 12.1 Å². The van der Waals surface area contributed by atoms with Gasteiger partial charge in [-0.3, -0.25) is 4.79 Å². The summed E-state index contributed by atoms with van der Waals surface area (Å²) in [6.45, 7) is 2.07. The molecule has 0 saturated carbocycles. The van der Waals surface area contributed by atoms with Gasteiger partial charge in [0.1, 0.15) is 12.3 Å². The number of methoxy groups -OCH3 is 1. The first-order valence-electron chi connectivity index (χ1n) is 7.06. The molecule has 22 heavy (non-hydrogen) atoms. The van der Waals surface area contributed by atoms with Crippen LogP contribution in [-0.4, -0.2) is 24.0 Å². The molecule has 5 heteroatoms. The predicted molar refractivity (Wildman–Crippen MR) is 81.4 cm³/mol. The third kappa shape index (κ3) is 4.22. The first-order valence-corrected chi connectivity index (χ1v) is 7.06. The number of carbonyl (C=O) groups excluding carboxylic acids is 2. The molecule has 0 saturated heterocycles. The van der Waals surface area contributed by atoms with Gasteiger partial charge >= 0.3 is 11.9 Å². The summed E-state index contributed by atoms with van der Waals surface area (Å²) < 4.78 is 9.93. The van der Waals surface area contributed by atoms with Crippen LogP contribution < -0.4 is 0 Å². The number of ether oxygens (including phenoxy) is 2. The molecular formula is C17H19NO4. The zero-order chi connectivity index (χ0) is 15.9. The Morgan fingerprint density at radius 3 is 2.59 bits per heavy atom. The summed E-state index contributed by atoms with van der Waals surface area (Å²) in [5, 5.41) is 0. The van der Waals surface area contributed by atoms with Crippen LogP contribution in [-0.2, 0) is 27.3 Å². The number of aromatic nitrogens is 1. The van der Waals surface area contributed by atoms with E-state index in [9.17, 15) is 9.59 Å². The van der Waals surface area contributed by atoms with Crippen LogP contribution in [0.5, 0.6) is 0 Å². The molecule has 0 aliphatic rings. The number of aromatic amines is 1. The molecule has 0 amide bonds. The van der Waals surface area contributed by atoms with Crippen LogP contribution >= 0.6 is 0 Å². The molecule has 0 atom stereocenters. The van der Waals surface area contributed by atoms with Gasteiger partial charge in [-0.1, -0.05) is 30.3 Å². The Balaban J connectivity index is 2.01. The molecule has 1 aromatic heterocycles. The van der Waals surface area contributed by atoms with Gasteiger partial charge in [0.2, 0.25) is 0 Å². The quantitative estimate of drug-likeness (QED) is 0.833. The van der Waals surface area contributed by atoms with Crippen molar-refractivity contribution < 1.29 is 19.1 Å². The summed E-state index contributed by atoms with van der Waals surface area (Å²) in [6.07, 6.45) is 0.666. The Hall–Kier alpha value is -2.56. The van der Waals surface area contributed by atoms with E-state index in [1.165, 1.54) is 7.11 Å². The Kier molecular flexibility index (Phi) is 5.36. The Morgan fingerprint density at radius 1 is 1.18 bits per heavy atom. The molecular weight excluding hydrogens is 282 g/mol.